The fraction of sp³-hybridized carbons (Fsp3) is 0.526. The van der Waals surface area contributed by atoms with Crippen molar-refractivity contribution >= 4 is 30.6 Å². The van der Waals surface area contributed by atoms with Gasteiger partial charge in [0.15, 0.2) is 23.9 Å². The number of nitrogen functional groups attached to an aromatic ring is 2. The van der Waals surface area contributed by atoms with Gasteiger partial charge < -0.3 is 52.4 Å². The number of hydrogen-bond donors (Lipinski definition) is 8. The predicted molar refractivity (Wildman–Crippen MR) is 131 cm³/mol. The summed E-state index contributed by atoms with van der Waals surface area (Å²) in [7, 11) is -5.01. The molecule has 40 heavy (non-hydrogen) atoms. The van der Waals surface area contributed by atoms with Gasteiger partial charge in [0.25, 0.3) is 0 Å². The van der Waals surface area contributed by atoms with E-state index in [9.17, 15) is 34.7 Å². The summed E-state index contributed by atoms with van der Waals surface area (Å²) < 4.78 is 36.3. The molecule has 5 rings (SSSR count). The molecule has 12 N–H and O–H groups in total. The molecule has 3 aromatic heterocycles. The molecule has 3 aromatic rings. The van der Waals surface area contributed by atoms with Gasteiger partial charge in [-0.15, -0.1) is 0 Å². The van der Waals surface area contributed by atoms with Crippen molar-refractivity contribution in [1.82, 2.24) is 35.2 Å². The standard InChI is InChI=1S/C19H25N8O11P.H3N/c20-9-1-2-26(19(32)25-9)17-13(31)11(29)8(37-17)4-35-39(33,34)38-14-12(30)7(3-28)36-18(14)27-6-24-10-15(21)22-5-23-16(10)27;/h1-2,5-8,11-14,17-18,28-31H,3-4H2,(H,33,34)(H2,20,25,32)(H2,21,22,23);1H3/t7-,8-,11-,12-,13-,14-,17-,18-;/m1./s1. The minimum absolute atomic E-state index is 0. The molecule has 1 unspecified atom stereocenters. The van der Waals surface area contributed by atoms with E-state index in [0.717, 1.165) is 10.9 Å². The molecule has 9 atom stereocenters. The van der Waals surface area contributed by atoms with Gasteiger partial charge in [0, 0.05) is 6.20 Å². The van der Waals surface area contributed by atoms with E-state index in [0.29, 0.717) is 0 Å². The summed E-state index contributed by atoms with van der Waals surface area (Å²) in [6.45, 7) is -1.42. The largest absolute Gasteiger partial charge is 0.472 e. The monoisotopic (exact) mass is 589 g/mol. The summed E-state index contributed by atoms with van der Waals surface area (Å²) in [5, 5.41) is 41.0. The Labute approximate surface area is 223 Å². The number of ether oxygens (including phenoxy) is 2. The van der Waals surface area contributed by atoms with E-state index in [4.69, 9.17) is 30.0 Å². The molecular formula is C19H28N9O11P. The molecule has 0 amide bonds. The Hall–Kier alpha value is -3.14. The van der Waals surface area contributed by atoms with Gasteiger partial charge in [-0.25, -0.2) is 24.3 Å². The zero-order valence-corrected chi connectivity index (χ0v) is 21.4. The number of phosphoric acid groups is 1. The highest BCUT2D eigenvalue weighted by atomic mass is 31.2. The van der Waals surface area contributed by atoms with Crippen LogP contribution in [0.1, 0.15) is 12.5 Å². The average Bonchev–Trinajstić information content (AvgIpc) is 3.53. The molecule has 0 bridgehead atoms. The van der Waals surface area contributed by atoms with Gasteiger partial charge in [-0.05, 0) is 6.07 Å². The fourth-order valence-corrected chi connectivity index (χ4v) is 5.26. The summed E-state index contributed by atoms with van der Waals surface area (Å²) in [5.41, 5.74) is 10.7. The summed E-state index contributed by atoms with van der Waals surface area (Å²) in [6.07, 6.45) is -8.09. The number of imidazole rings is 1. The molecule has 2 fully saturated rings. The molecular weight excluding hydrogens is 561 g/mol. The van der Waals surface area contributed by atoms with Crippen molar-refractivity contribution in [1.29, 1.82) is 0 Å². The summed E-state index contributed by atoms with van der Waals surface area (Å²) >= 11 is 0. The second kappa shape index (κ2) is 11.4. The average molecular weight is 589 g/mol. The molecule has 0 saturated carbocycles. The minimum atomic E-state index is -5.01. The van der Waals surface area contributed by atoms with Gasteiger partial charge >= 0.3 is 13.5 Å². The Balaban J connectivity index is 0.00000370. The van der Waals surface area contributed by atoms with Gasteiger partial charge in [0.05, 0.1) is 19.5 Å². The van der Waals surface area contributed by atoms with Crippen LogP contribution in [0.25, 0.3) is 11.2 Å². The highest BCUT2D eigenvalue weighted by molar-refractivity contribution is 7.47. The Bertz CT molecular complexity index is 1460. The van der Waals surface area contributed by atoms with Crippen molar-refractivity contribution in [3.63, 3.8) is 0 Å². The quantitative estimate of drug-likeness (QED) is 0.120. The first kappa shape index (κ1) is 29.8. The van der Waals surface area contributed by atoms with Crippen LogP contribution in [0.3, 0.4) is 0 Å². The normalized spacial score (nSPS) is 31.7. The molecule has 0 aromatic carbocycles. The van der Waals surface area contributed by atoms with Crippen LogP contribution < -0.4 is 23.3 Å². The number of nitrogens with two attached hydrogens (primary N) is 2. The second-order valence-corrected chi connectivity index (χ2v) is 10.2. The lowest BCUT2D eigenvalue weighted by molar-refractivity contribution is -0.0635. The Morgan fingerprint density at radius 3 is 2.45 bits per heavy atom. The highest BCUT2D eigenvalue weighted by Crippen LogP contribution is 2.50. The van der Waals surface area contributed by atoms with Crippen molar-refractivity contribution in [3.05, 3.63) is 35.4 Å². The number of phosphoric ester groups is 1. The van der Waals surface area contributed by atoms with Gasteiger partial charge in [-0.2, -0.15) is 4.98 Å². The highest BCUT2D eigenvalue weighted by Gasteiger charge is 2.50. The molecule has 21 heteroatoms. The van der Waals surface area contributed by atoms with Crippen LogP contribution in [0.4, 0.5) is 11.6 Å². The lowest BCUT2D eigenvalue weighted by atomic mass is 10.1. The van der Waals surface area contributed by atoms with E-state index in [1.54, 1.807) is 0 Å². The van der Waals surface area contributed by atoms with Crippen molar-refractivity contribution < 1.29 is 48.4 Å². The first-order valence-electron chi connectivity index (χ1n) is 11.4. The fourth-order valence-electron chi connectivity index (χ4n) is 4.33. The number of anilines is 2. The van der Waals surface area contributed by atoms with Crippen LogP contribution in [0.5, 0.6) is 0 Å². The van der Waals surface area contributed by atoms with E-state index in [-0.39, 0.29) is 29.0 Å². The Morgan fingerprint density at radius 1 is 1.02 bits per heavy atom. The summed E-state index contributed by atoms with van der Waals surface area (Å²) in [6, 6.07) is 1.28. The molecule has 2 aliphatic rings. The van der Waals surface area contributed by atoms with E-state index in [2.05, 4.69) is 19.9 Å². The molecule has 220 valence electrons. The van der Waals surface area contributed by atoms with E-state index >= 15 is 0 Å². The van der Waals surface area contributed by atoms with Crippen LogP contribution >= 0.6 is 7.82 Å². The van der Waals surface area contributed by atoms with Crippen molar-refractivity contribution in [2.75, 3.05) is 24.7 Å². The Morgan fingerprint density at radius 2 is 1.75 bits per heavy atom. The topological polar surface area (TPSA) is 321 Å². The Kier molecular flexibility index (Phi) is 8.49. The van der Waals surface area contributed by atoms with Gasteiger partial charge in [-0.1, -0.05) is 0 Å². The van der Waals surface area contributed by atoms with Crippen LogP contribution in [-0.2, 0) is 23.1 Å². The smallest absolute Gasteiger partial charge is 0.394 e. The van der Waals surface area contributed by atoms with Crippen molar-refractivity contribution in [3.8, 4) is 0 Å². The van der Waals surface area contributed by atoms with Crippen molar-refractivity contribution in [2.45, 2.75) is 49.1 Å². The first-order chi connectivity index (χ1) is 18.5. The third-order valence-corrected chi connectivity index (χ3v) is 7.26. The number of fused-ring (bicyclic) bond motifs is 1. The second-order valence-electron chi connectivity index (χ2n) is 8.74. The SMILES string of the molecule is N.Nc1ccn([C@@H]2O[C@H](COP(=O)(O)O[C@@H]3[C@H](O)[C@@H](CO)O[C@H]3n3cnc4c(N)ncnc43)[C@@H](O)[C@H]2O)c(=O)n1. The number of aromatic nitrogens is 6. The summed E-state index contributed by atoms with van der Waals surface area (Å²) in [5.74, 6) is -0.0146. The lowest BCUT2D eigenvalue weighted by Gasteiger charge is -2.24. The first-order valence-corrected chi connectivity index (χ1v) is 12.9. The molecule has 0 radical (unpaired) electrons. The van der Waals surface area contributed by atoms with Crippen LogP contribution in [0.2, 0.25) is 0 Å². The zero-order chi connectivity index (χ0) is 28.1. The van der Waals surface area contributed by atoms with Gasteiger partial charge in [-0.3, -0.25) is 18.2 Å². The lowest BCUT2D eigenvalue weighted by Crippen LogP contribution is -2.36. The van der Waals surface area contributed by atoms with Gasteiger partial charge in [0.1, 0.15) is 54.3 Å². The molecule has 0 aliphatic carbocycles. The molecule has 20 nitrogen and oxygen atoms in total. The number of aliphatic hydroxyl groups excluding tert-OH is 4. The van der Waals surface area contributed by atoms with Crippen LogP contribution in [0, 0.1) is 0 Å². The third kappa shape index (κ3) is 5.42. The maximum Gasteiger partial charge on any atom is 0.472 e. The minimum Gasteiger partial charge on any atom is -0.394 e. The number of nitrogens with zero attached hydrogens (tertiary/aromatic N) is 6. The third-order valence-electron chi connectivity index (χ3n) is 6.27. The molecule has 5 heterocycles. The van der Waals surface area contributed by atoms with Crippen molar-refractivity contribution in [2.24, 2.45) is 0 Å². The summed E-state index contributed by atoms with van der Waals surface area (Å²) in [4.78, 5) is 38.0. The zero-order valence-electron chi connectivity index (χ0n) is 20.5. The van der Waals surface area contributed by atoms with Crippen LogP contribution in [0.15, 0.2) is 29.7 Å². The number of rotatable bonds is 8. The van der Waals surface area contributed by atoms with E-state index in [1.807, 2.05) is 0 Å². The maximum atomic E-state index is 12.9. The van der Waals surface area contributed by atoms with E-state index in [1.165, 1.54) is 23.2 Å². The van der Waals surface area contributed by atoms with Gasteiger partial charge in [0.2, 0.25) is 0 Å². The maximum absolute atomic E-state index is 12.9. The predicted octanol–water partition coefficient (Wildman–Crippen LogP) is -3.22. The number of aliphatic hydroxyl groups is 4. The molecule has 2 aliphatic heterocycles. The van der Waals surface area contributed by atoms with Crippen LogP contribution in [-0.4, -0.2) is 104 Å². The molecule has 2 saturated heterocycles. The molecule has 0 spiro atoms. The number of hydrogen-bond acceptors (Lipinski definition) is 17. The van der Waals surface area contributed by atoms with E-state index < -0.39 is 75.8 Å².